The quantitative estimate of drug-likeness (QED) is 0.768. The predicted molar refractivity (Wildman–Crippen MR) is 88.6 cm³/mol. The van der Waals surface area contributed by atoms with Gasteiger partial charge in [0, 0.05) is 23.2 Å². The van der Waals surface area contributed by atoms with Gasteiger partial charge in [0.05, 0.1) is 6.04 Å². The Morgan fingerprint density at radius 1 is 1.43 bits per heavy atom. The first-order valence-corrected chi connectivity index (χ1v) is 8.10. The molecule has 0 aromatic carbocycles. The number of aryl methyl sites for hydroxylation is 1. The summed E-state index contributed by atoms with van der Waals surface area (Å²) >= 11 is 1.71. The van der Waals surface area contributed by atoms with Crippen LogP contribution in [0.2, 0.25) is 0 Å². The molecule has 3 heterocycles. The molecule has 0 aliphatic rings. The molecular formula is C15H18N6OS. The number of rotatable bonds is 5. The van der Waals surface area contributed by atoms with Crippen LogP contribution in [0.25, 0.3) is 5.65 Å². The fourth-order valence-electron chi connectivity index (χ4n) is 2.41. The highest BCUT2D eigenvalue weighted by molar-refractivity contribution is 7.10. The molecule has 3 rings (SSSR count). The number of amides is 1. The molecule has 0 bridgehead atoms. The Bertz CT molecular complexity index is 824. The topological polar surface area (TPSA) is 75.4 Å². The van der Waals surface area contributed by atoms with Crippen molar-refractivity contribution in [2.24, 2.45) is 0 Å². The second kappa shape index (κ2) is 6.43. The van der Waals surface area contributed by atoms with E-state index >= 15 is 0 Å². The zero-order valence-electron chi connectivity index (χ0n) is 13.2. The first-order valence-electron chi connectivity index (χ1n) is 7.22. The van der Waals surface area contributed by atoms with Crippen molar-refractivity contribution in [2.45, 2.75) is 13.0 Å². The second-order valence-electron chi connectivity index (χ2n) is 5.55. The second-order valence-corrected chi connectivity index (χ2v) is 6.50. The van der Waals surface area contributed by atoms with Gasteiger partial charge in [-0.05, 0) is 60.6 Å². The molecule has 0 aliphatic heterocycles. The van der Waals surface area contributed by atoms with Gasteiger partial charge in [0.1, 0.15) is 0 Å². The summed E-state index contributed by atoms with van der Waals surface area (Å²) in [6.07, 6.45) is 1.68. The molecule has 1 atom stereocenters. The van der Waals surface area contributed by atoms with Crippen LogP contribution < -0.4 is 5.32 Å². The Balaban J connectivity index is 1.72. The van der Waals surface area contributed by atoms with E-state index in [-0.39, 0.29) is 11.9 Å². The molecule has 23 heavy (non-hydrogen) atoms. The van der Waals surface area contributed by atoms with Crippen LogP contribution in [0.4, 0.5) is 0 Å². The molecule has 0 radical (unpaired) electrons. The molecule has 3 aromatic heterocycles. The highest BCUT2D eigenvalue weighted by Gasteiger charge is 2.19. The number of nitrogens with one attached hydrogen (secondary N) is 1. The minimum absolute atomic E-state index is 0.128. The molecule has 0 saturated carbocycles. The molecule has 0 unspecified atom stereocenters. The van der Waals surface area contributed by atoms with Crippen LogP contribution in [0.15, 0.2) is 29.8 Å². The summed E-state index contributed by atoms with van der Waals surface area (Å²) in [7, 11) is 4.04. The van der Waals surface area contributed by atoms with Crippen molar-refractivity contribution in [2.75, 3.05) is 20.6 Å². The molecule has 0 fully saturated rings. The summed E-state index contributed by atoms with van der Waals surface area (Å²) in [6, 6.07) is 5.64. The molecule has 120 valence electrons. The lowest BCUT2D eigenvalue weighted by molar-refractivity contribution is 0.0942. The van der Waals surface area contributed by atoms with Crippen molar-refractivity contribution in [1.82, 2.24) is 30.3 Å². The average Bonchev–Trinajstić information content (AvgIpc) is 3.15. The Morgan fingerprint density at radius 3 is 2.96 bits per heavy atom. The van der Waals surface area contributed by atoms with Gasteiger partial charge in [-0.2, -0.15) is 0 Å². The molecule has 8 heteroatoms. The van der Waals surface area contributed by atoms with Gasteiger partial charge >= 0.3 is 0 Å². The molecule has 1 amide bonds. The lowest BCUT2D eigenvalue weighted by Gasteiger charge is -2.24. The van der Waals surface area contributed by atoms with E-state index < -0.39 is 0 Å². The number of carbonyl (C=O) groups is 1. The Hall–Kier alpha value is -2.32. The molecule has 0 saturated heterocycles. The Morgan fingerprint density at radius 2 is 2.26 bits per heavy atom. The third kappa shape index (κ3) is 3.22. The Kier molecular flexibility index (Phi) is 4.35. The van der Waals surface area contributed by atoms with Crippen molar-refractivity contribution < 1.29 is 4.79 Å². The maximum Gasteiger partial charge on any atom is 0.251 e. The van der Waals surface area contributed by atoms with E-state index in [1.54, 1.807) is 29.7 Å². The van der Waals surface area contributed by atoms with Gasteiger partial charge in [0.15, 0.2) is 5.65 Å². The van der Waals surface area contributed by atoms with Crippen molar-refractivity contribution in [3.8, 4) is 0 Å². The van der Waals surface area contributed by atoms with Crippen LogP contribution in [0, 0.1) is 6.92 Å². The van der Waals surface area contributed by atoms with E-state index in [4.69, 9.17) is 0 Å². The van der Waals surface area contributed by atoms with Gasteiger partial charge < -0.3 is 10.2 Å². The van der Waals surface area contributed by atoms with E-state index in [1.165, 1.54) is 15.0 Å². The average molecular weight is 330 g/mol. The van der Waals surface area contributed by atoms with E-state index in [0.717, 1.165) is 0 Å². The van der Waals surface area contributed by atoms with Gasteiger partial charge in [-0.15, -0.1) is 16.4 Å². The van der Waals surface area contributed by atoms with Crippen molar-refractivity contribution >= 4 is 22.9 Å². The molecule has 0 aliphatic carbocycles. The van der Waals surface area contributed by atoms with Gasteiger partial charge in [-0.1, -0.05) is 0 Å². The van der Waals surface area contributed by atoms with Crippen LogP contribution in [0.3, 0.4) is 0 Å². The monoisotopic (exact) mass is 330 g/mol. The summed E-state index contributed by atoms with van der Waals surface area (Å²) in [5.74, 6) is -0.128. The van der Waals surface area contributed by atoms with Crippen LogP contribution in [-0.2, 0) is 0 Å². The smallest absolute Gasteiger partial charge is 0.251 e. The van der Waals surface area contributed by atoms with Crippen LogP contribution >= 0.6 is 11.3 Å². The summed E-state index contributed by atoms with van der Waals surface area (Å²) in [5.41, 5.74) is 2.35. The molecular weight excluding hydrogens is 312 g/mol. The summed E-state index contributed by atoms with van der Waals surface area (Å²) in [5, 5.41) is 16.3. The largest absolute Gasteiger partial charge is 0.350 e. The number of thiophene rings is 1. The number of hydrogen-bond acceptors (Lipinski definition) is 6. The Labute approximate surface area is 137 Å². The van der Waals surface area contributed by atoms with E-state index in [0.29, 0.717) is 17.8 Å². The highest BCUT2D eigenvalue weighted by atomic mass is 32.1. The number of tetrazole rings is 1. The van der Waals surface area contributed by atoms with Gasteiger partial charge in [-0.3, -0.25) is 4.79 Å². The lowest BCUT2D eigenvalue weighted by Crippen LogP contribution is -2.34. The van der Waals surface area contributed by atoms with E-state index in [9.17, 15) is 4.79 Å². The number of fused-ring (bicyclic) bond motifs is 1. The van der Waals surface area contributed by atoms with E-state index in [2.05, 4.69) is 44.1 Å². The van der Waals surface area contributed by atoms with Gasteiger partial charge in [0.25, 0.3) is 5.91 Å². The SMILES string of the molecule is Cc1ccsc1[C@@H](CNC(=O)c1ccn2nnnc2c1)N(C)C. The maximum atomic E-state index is 12.4. The number of pyridine rings is 1. The number of nitrogens with zero attached hydrogens (tertiary/aromatic N) is 5. The minimum atomic E-state index is -0.128. The van der Waals surface area contributed by atoms with Crippen molar-refractivity contribution in [3.05, 3.63) is 45.8 Å². The number of hydrogen-bond donors (Lipinski definition) is 1. The van der Waals surface area contributed by atoms with Crippen molar-refractivity contribution in [3.63, 3.8) is 0 Å². The fraction of sp³-hybridized carbons (Fsp3) is 0.333. The third-order valence-electron chi connectivity index (χ3n) is 3.74. The fourth-order valence-corrected chi connectivity index (χ4v) is 3.53. The maximum absolute atomic E-state index is 12.4. The van der Waals surface area contributed by atoms with Gasteiger partial charge in [-0.25, -0.2) is 4.52 Å². The molecule has 0 spiro atoms. The first-order chi connectivity index (χ1) is 11.1. The predicted octanol–water partition coefficient (Wildman–Crippen LogP) is 1.53. The lowest BCUT2D eigenvalue weighted by atomic mass is 10.1. The molecule has 1 N–H and O–H groups in total. The number of aromatic nitrogens is 4. The summed E-state index contributed by atoms with van der Waals surface area (Å²) in [4.78, 5) is 15.8. The number of likely N-dealkylation sites (N-methyl/N-ethyl adjacent to an activating group) is 1. The van der Waals surface area contributed by atoms with Crippen molar-refractivity contribution in [1.29, 1.82) is 0 Å². The van der Waals surface area contributed by atoms with Crippen LogP contribution in [0.1, 0.15) is 26.8 Å². The summed E-state index contributed by atoms with van der Waals surface area (Å²) in [6.45, 7) is 2.64. The zero-order valence-corrected chi connectivity index (χ0v) is 14.0. The standard InChI is InChI=1S/C15H18N6OS/c1-10-5-7-23-14(10)12(20(2)3)9-16-15(22)11-4-6-21-13(8-11)17-18-19-21/h4-8,12H,9H2,1-3H3,(H,16,22)/t12-/m1/s1. The summed E-state index contributed by atoms with van der Waals surface area (Å²) < 4.78 is 1.52. The van der Waals surface area contributed by atoms with Gasteiger partial charge in [0.2, 0.25) is 0 Å². The zero-order chi connectivity index (χ0) is 16.4. The molecule has 7 nitrogen and oxygen atoms in total. The third-order valence-corrected chi connectivity index (χ3v) is 4.86. The molecule has 3 aromatic rings. The highest BCUT2D eigenvalue weighted by Crippen LogP contribution is 2.26. The minimum Gasteiger partial charge on any atom is -0.350 e. The van der Waals surface area contributed by atoms with E-state index in [1.807, 2.05) is 14.1 Å². The normalized spacial score (nSPS) is 12.7. The van der Waals surface area contributed by atoms with Crippen LogP contribution in [0.5, 0.6) is 0 Å². The first kappa shape index (κ1) is 15.6. The number of carbonyl (C=O) groups excluding carboxylic acids is 1. The van der Waals surface area contributed by atoms with Crippen LogP contribution in [-0.4, -0.2) is 51.5 Å².